The molecule has 0 aliphatic heterocycles. The van der Waals surface area contributed by atoms with E-state index in [4.69, 9.17) is 5.73 Å². The van der Waals surface area contributed by atoms with Crippen LogP contribution in [0.2, 0.25) is 0 Å². The lowest BCUT2D eigenvalue weighted by atomic mass is 10.3. The van der Waals surface area contributed by atoms with Gasteiger partial charge in [0.05, 0.1) is 12.2 Å². The van der Waals surface area contributed by atoms with Gasteiger partial charge in [-0.1, -0.05) is 0 Å². The molecule has 0 aromatic heterocycles. The Morgan fingerprint density at radius 3 is 2.85 bits per heavy atom. The van der Waals surface area contributed by atoms with Gasteiger partial charge in [0.2, 0.25) is 5.91 Å². The fourth-order valence-electron chi connectivity index (χ4n) is 0.792. The predicted octanol–water partition coefficient (Wildman–Crippen LogP) is 1.49. The normalized spacial score (nSPS) is 9.77. The standard InChI is InChI=1S/C8H8BrFN2O/c9-6-3-5(10)1-2-7(6)12-8(13)4-11/h1-3H,4,11H2,(H,12,13). The molecule has 3 nitrogen and oxygen atoms in total. The van der Waals surface area contributed by atoms with Gasteiger partial charge in [0.1, 0.15) is 5.82 Å². The lowest BCUT2D eigenvalue weighted by Gasteiger charge is -2.05. The number of benzene rings is 1. The van der Waals surface area contributed by atoms with E-state index in [1.54, 1.807) is 0 Å². The maximum Gasteiger partial charge on any atom is 0.238 e. The molecule has 1 aromatic rings. The van der Waals surface area contributed by atoms with E-state index in [1.165, 1.54) is 18.2 Å². The number of hydrogen-bond acceptors (Lipinski definition) is 2. The fraction of sp³-hybridized carbons (Fsp3) is 0.125. The quantitative estimate of drug-likeness (QED) is 0.831. The summed E-state index contributed by atoms with van der Waals surface area (Å²) in [6.07, 6.45) is 0. The molecular weight excluding hydrogens is 239 g/mol. The highest BCUT2D eigenvalue weighted by atomic mass is 79.9. The molecule has 0 saturated carbocycles. The fourth-order valence-corrected chi connectivity index (χ4v) is 1.24. The van der Waals surface area contributed by atoms with Gasteiger partial charge in [0, 0.05) is 4.47 Å². The Morgan fingerprint density at radius 2 is 2.31 bits per heavy atom. The Balaban J connectivity index is 2.83. The van der Waals surface area contributed by atoms with E-state index < -0.39 is 0 Å². The van der Waals surface area contributed by atoms with E-state index in [0.717, 1.165) is 0 Å². The Hall–Kier alpha value is -0.940. The van der Waals surface area contributed by atoms with Gasteiger partial charge >= 0.3 is 0 Å². The molecule has 0 aliphatic carbocycles. The van der Waals surface area contributed by atoms with E-state index in [-0.39, 0.29) is 18.3 Å². The lowest BCUT2D eigenvalue weighted by Crippen LogP contribution is -2.21. The molecule has 0 saturated heterocycles. The SMILES string of the molecule is NCC(=O)Nc1ccc(F)cc1Br. The molecule has 1 amide bonds. The Morgan fingerprint density at radius 1 is 1.62 bits per heavy atom. The number of halogens is 2. The molecule has 1 rings (SSSR count). The van der Waals surface area contributed by atoms with Crippen molar-refractivity contribution in [3.8, 4) is 0 Å². The monoisotopic (exact) mass is 246 g/mol. The van der Waals surface area contributed by atoms with Gasteiger partial charge in [-0.05, 0) is 34.1 Å². The van der Waals surface area contributed by atoms with Gasteiger partial charge in [-0.25, -0.2) is 4.39 Å². The molecule has 0 unspecified atom stereocenters. The lowest BCUT2D eigenvalue weighted by molar-refractivity contribution is -0.114. The van der Waals surface area contributed by atoms with Crippen LogP contribution in [-0.4, -0.2) is 12.5 Å². The van der Waals surface area contributed by atoms with Gasteiger partial charge < -0.3 is 11.1 Å². The second kappa shape index (κ2) is 4.34. The van der Waals surface area contributed by atoms with Crippen LogP contribution in [-0.2, 0) is 4.79 Å². The molecule has 13 heavy (non-hydrogen) atoms. The largest absolute Gasteiger partial charge is 0.324 e. The van der Waals surface area contributed by atoms with Gasteiger partial charge in [0.25, 0.3) is 0 Å². The molecule has 0 aliphatic rings. The number of rotatable bonds is 2. The van der Waals surface area contributed by atoms with Crippen LogP contribution in [0.4, 0.5) is 10.1 Å². The summed E-state index contributed by atoms with van der Waals surface area (Å²) in [5, 5.41) is 2.51. The molecule has 0 spiro atoms. The first-order chi connectivity index (χ1) is 6.13. The average Bonchev–Trinajstić information content (AvgIpc) is 2.09. The van der Waals surface area contributed by atoms with Gasteiger partial charge in [-0.15, -0.1) is 0 Å². The zero-order chi connectivity index (χ0) is 9.84. The first kappa shape index (κ1) is 10.1. The molecular formula is C8H8BrFN2O. The molecule has 0 bridgehead atoms. The van der Waals surface area contributed by atoms with Crippen LogP contribution < -0.4 is 11.1 Å². The Kier molecular flexibility index (Phi) is 3.39. The number of nitrogens with one attached hydrogen (secondary N) is 1. The second-order valence-corrected chi connectivity index (χ2v) is 3.23. The molecule has 1 aromatic carbocycles. The highest BCUT2D eigenvalue weighted by molar-refractivity contribution is 9.10. The van der Waals surface area contributed by atoms with Crippen LogP contribution in [0.1, 0.15) is 0 Å². The number of carbonyl (C=O) groups is 1. The summed E-state index contributed by atoms with van der Waals surface area (Å²) in [4.78, 5) is 10.9. The first-order valence-electron chi connectivity index (χ1n) is 3.58. The third-order valence-electron chi connectivity index (χ3n) is 1.39. The van der Waals surface area contributed by atoms with E-state index >= 15 is 0 Å². The number of nitrogens with two attached hydrogens (primary N) is 1. The van der Waals surface area contributed by atoms with Crippen molar-refractivity contribution in [1.82, 2.24) is 0 Å². The summed E-state index contributed by atoms with van der Waals surface area (Å²) in [5.74, 6) is -0.676. The molecule has 0 fully saturated rings. The highest BCUT2D eigenvalue weighted by Crippen LogP contribution is 2.22. The summed E-state index contributed by atoms with van der Waals surface area (Å²) in [6, 6.07) is 4.00. The minimum absolute atomic E-state index is 0.0934. The van der Waals surface area contributed by atoms with Gasteiger partial charge in [-0.2, -0.15) is 0 Å². The molecule has 70 valence electrons. The van der Waals surface area contributed by atoms with Crippen LogP contribution in [0.5, 0.6) is 0 Å². The predicted molar refractivity (Wildman–Crippen MR) is 51.8 cm³/mol. The maximum absolute atomic E-state index is 12.6. The molecule has 0 heterocycles. The molecule has 3 N–H and O–H groups in total. The van der Waals surface area contributed by atoms with Gasteiger partial charge in [0.15, 0.2) is 0 Å². The van der Waals surface area contributed by atoms with E-state index in [0.29, 0.717) is 10.2 Å². The van der Waals surface area contributed by atoms with Crippen molar-refractivity contribution in [3.05, 3.63) is 28.5 Å². The molecule has 0 atom stereocenters. The van der Waals surface area contributed by atoms with E-state index in [9.17, 15) is 9.18 Å². The van der Waals surface area contributed by atoms with Crippen LogP contribution in [0.25, 0.3) is 0 Å². The van der Waals surface area contributed by atoms with Crippen molar-refractivity contribution in [1.29, 1.82) is 0 Å². The molecule has 5 heteroatoms. The third kappa shape index (κ3) is 2.78. The van der Waals surface area contributed by atoms with Crippen molar-refractivity contribution in [2.75, 3.05) is 11.9 Å². The highest BCUT2D eigenvalue weighted by Gasteiger charge is 2.03. The minimum Gasteiger partial charge on any atom is -0.324 e. The van der Waals surface area contributed by atoms with Crippen LogP contribution >= 0.6 is 15.9 Å². The zero-order valence-electron chi connectivity index (χ0n) is 6.68. The number of carbonyl (C=O) groups excluding carboxylic acids is 1. The van der Waals surface area contributed by atoms with Crippen molar-refractivity contribution >= 4 is 27.5 Å². The summed E-state index contributed by atoms with van der Waals surface area (Å²) in [7, 11) is 0. The Bertz CT molecular complexity index is 330. The third-order valence-corrected chi connectivity index (χ3v) is 2.05. The summed E-state index contributed by atoms with van der Waals surface area (Å²) in [6.45, 7) is -0.0934. The van der Waals surface area contributed by atoms with E-state index in [1.807, 2.05) is 0 Å². The minimum atomic E-state index is -0.363. The summed E-state index contributed by atoms with van der Waals surface area (Å²) >= 11 is 3.11. The second-order valence-electron chi connectivity index (χ2n) is 2.38. The topological polar surface area (TPSA) is 55.1 Å². The van der Waals surface area contributed by atoms with Crippen molar-refractivity contribution < 1.29 is 9.18 Å². The number of hydrogen-bond donors (Lipinski definition) is 2. The molecule has 0 radical (unpaired) electrons. The average molecular weight is 247 g/mol. The van der Waals surface area contributed by atoms with Crippen molar-refractivity contribution in [2.45, 2.75) is 0 Å². The summed E-state index contributed by atoms with van der Waals surface area (Å²) in [5.41, 5.74) is 5.61. The zero-order valence-corrected chi connectivity index (χ0v) is 8.27. The van der Waals surface area contributed by atoms with Crippen LogP contribution in [0.3, 0.4) is 0 Å². The maximum atomic E-state index is 12.6. The smallest absolute Gasteiger partial charge is 0.238 e. The van der Waals surface area contributed by atoms with Crippen molar-refractivity contribution in [3.63, 3.8) is 0 Å². The number of anilines is 1. The number of amides is 1. The Labute approximate surface area is 83.2 Å². The van der Waals surface area contributed by atoms with Crippen LogP contribution in [0.15, 0.2) is 22.7 Å². The van der Waals surface area contributed by atoms with Crippen molar-refractivity contribution in [2.24, 2.45) is 5.73 Å². The van der Waals surface area contributed by atoms with Crippen LogP contribution in [0, 0.1) is 5.82 Å². The summed E-state index contributed by atoms with van der Waals surface area (Å²) < 4.78 is 13.1. The van der Waals surface area contributed by atoms with E-state index in [2.05, 4.69) is 21.2 Å². The first-order valence-corrected chi connectivity index (χ1v) is 4.37. The van der Waals surface area contributed by atoms with Gasteiger partial charge in [-0.3, -0.25) is 4.79 Å².